The van der Waals surface area contributed by atoms with E-state index in [4.69, 9.17) is 11.5 Å². The Morgan fingerprint density at radius 2 is 2.03 bits per heavy atom. The highest BCUT2D eigenvalue weighted by Gasteiger charge is 2.49. The Morgan fingerprint density at radius 1 is 1.31 bits per heavy atom. The number of nitrogens with one attached hydrogen (secondary N) is 1. The van der Waals surface area contributed by atoms with E-state index >= 15 is 0 Å². The fourth-order valence-corrected chi connectivity index (χ4v) is 4.37. The molecule has 29 heavy (non-hydrogen) atoms. The van der Waals surface area contributed by atoms with E-state index in [1.807, 2.05) is 37.0 Å². The smallest absolute Gasteiger partial charge is 0.252 e. The molecule has 1 fully saturated rings. The maximum atomic E-state index is 12.2. The summed E-state index contributed by atoms with van der Waals surface area (Å²) in [5.74, 6) is -0.507. The minimum absolute atomic E-state index is 0.110. The molecule has 1 aliphatic rings. The van der Waals surface area contributed by atoms with Crippen LogP contribution in [0.1, 0.15) is 49.7 Å². The molecule has 8 heteroatoms. The Hall–Kier alpha value is -2.87. The van der Waals surface area contributed by atoms with Gasteiger partial charge in [0.25, 0.3) is 5.91 Å². The number of carbonyl (C=O) groups is 1. The summed E-state index contributed by atoms with van der Waals surface area (Å²) < 4.78 is 3.61. The summed E-state index contributed by atoms with van der Waals surface area (Å²) in [5, 5.41) is 12.4. The molecule has 1 saturated carbocycles. The quantitative estimate of drug-likeness (QED) is 0.627. The minimum Gasteiger partial charge on any atom is -0.379 e. The Kier molecular flexibility index (Phi) is 4.24. The molecule has 0 spiro atoms. The third-order valence-corrected chi connectivity index (χ3v) is 6.81. The number of hydrogen-bond donors (Lipinski definition) is 3. The Bertz CT molecular complexity index is 1110. The third-order valence-electron chi connectivity index (χ3n) is 6.81. The van der Waals surface area contributed by atoms with Gasteiger partial charge < -0.3 is 16.8 Å². The first kappa shape index (κ1) is 19.4. The molecule has 0 unspecified atom stereocenters. The lowest BCUT2D eigenvalue weighted by molar-refractivity contribution is 0.100. The van der Waals surface area contributed by atoms with Gasteiger partial charge in [0, 0.05) is 35.8 Å². The fourth-order valence-electron chi connectivity index (χ4n) is 4.37. The molecule has 3 aromatic rings. The van der Waals surface area contributed by atoms with Crippen LogP contribution < -0.4 is 16.8 Å². The molecule has 5 N–H and O–H groups in total. The summed E-state index contributed by atoms with van der Waals surface area (Å²) in [6, 6.07) is 4.15. The van der Waals surface area contributed by atoms with Crippen LogP contribution >= 0.6 is 0 Å². The second kappa shape index (κ2) is 6.32. The highest BCUT2D eigenvalue weighted by Crippen LogP contribution is 2.46. The molecule has 0 saturated heterocycles. The zero-order chi connectivity index (χ0) is 21.1. The first-order valence-electron chi connectivity index (χ1n) is 9.89. The third kappa shape index (κ3) is 2.98. The number of aryl methyl sites for hydroxylation is 2. The highest BCUT2D eigenvalue weighted by atomic mass is 16.1. The van der Waals surface area contributed by atoms with Crippen molar-refractivity contribution in [2.24, 2.45) is 23.9 Å². The Labute approximate surface area is 170 Å². The van der Waals surface area contributed by atoms with E-state index in [2.05, 4.69) is 36.3 Å². The van der Waals surface area contributed by atoms with Gasteiger partial charge in [-0.15, -0.1) is 0 Å². The normalized spacial score (nSPS) is 23.6. The zero-order valence-corrected chi connectivity index (χ0v) is 17.7. The van der Waals surface area contributed by atoms with Gasteiger partial charge in [-0.2, -0.15) is 10.2 Å². The van der Waals surface area contributed by atoms with Crippen LogP contribution in [0.15, 0.2) is 24.5 Å². The average Bonchev–Trinajstić information content (AvgIpc) is 3.25. The molecular formula is C21H29N7O. The number of amides is 1. The number of aromatic nitrogens is 4. The first-order chi connectivity index (χ1) is 13.5. The molecule has 8 nitrogen and oxygen atoms in total. The van der Waals surface area contributed by atoms with Gasteiger partial charge in [0.15, 0.2) is 0 Å². The number of hydrogen-bond acceptors (Lipinski definition) is 5. The Balaban J connectivity index is 1.84. The molecule has 2 atom stereocenters. The number of primary amides is 1. The first-order valence-corrected chi connectivity index (χ1v) is 9.89. The van der Waals surface area contributed by atoms with Gasteiger partial charge in [-0.05, 0) is 38.8 Å². The minimum atomic E-state index is -0.507. The van der Waals surface area contributed by atoms with Crippen LogP contribution in [0.5, 0.6) is 0 Å². The summed E-state index contributed by atoms with van der Waals surface area (Å²) in [4.78, 5) is 12.2. The number of nitrogens with zero attached hydrogens (tertiary/aromatic N) is 4. The van der Waals surface area contributed by atoms with Crippen molar-refractivity contribution in [3.05, 3.63) is 35.8 Å². The van der Waals surface area contributed by atoms with E-state index < -0.39 is 5.91 Å². The van der Waals surface area contributed by atoms with Crippen LogP contribution in [0.4, 0.5) is 5.69 Å². The predicted octanol–water partition coefficient (Wildman–Crippen LogP) is 2.46. The number of rotatable bonds is 4. The number of fused-ring (bicyclic) bond motifs is 1. The zero-order valence-electron chi connectivity index (χ0n) is 17.7. The van der Waals surface area contributed by atoms with Gasteiger partial charge in [0.2, 0.25) is 0 Å². The van der Waals surface area contributed by atoms with Crippen molar-refractivity contribution in [3.8, 4) is 11.3 Å². The van der Waals surface area contributed by atoms with Gasteiger partial charge in [0.05, 0.1) is 34.4 Å². The van der Waals surface area contributed by atoms with Crippen molar-refractivity contribution in [2.75, 3.05) is 5.32 Å². The summed E-state index contributed by atoms with van der Waals surface area (Å²) in [6.07, 6.45) is 5.29. The molecule has 0 radical (unpaired) electrons. The van der Waals surface area contributed by atoms with Gasteiger partial charge in [-0.25, -0.2) is 4.52 Å². The molecule has 3 heterocycles. The molecule has 154 valence electrons. The van der Waals surface area contributed by atoms with Crippen LogP contribution in [-0.4, -0.2) is 36.9 Å². The van der Waals surface area contributed by atoms with E-state index in [9.17, 15) is 4.79 Å². The molecule has 1 aliphatic carbocycles. The highest BCUT2D eigenvalue weighted by molar-refractivity contribution is 6.02. The molecule has 4 rings (SSSR count). The van der Waals surface area contributed by atoms with Gasteiger partial charge >= 0.3 is 0 Å². The van der Waals surface area contributed by atoms with Crippen LogP contribution in [0.3, 0.4) is 0 Å². The van der Waals surface area contributed by atoms with E-state index in [1.165, 1.54) is 6.20 Å². The standard InChI is InChI=1S/C21H29N7O/c1-12-8-15(27(5)26-12)13-9-16-18(14(19(22)29)10-24-28(16)11-13)25-17-6-7-21(4,23)20(17,2)3/h8-11,17,25H,6-7,23H2,1-5H3,(H2,22,29)/t17-,21+/m1/s1. The molecule has 3 aromatic heterocycles. The van der Waals surface area contributed by atoms with Crippen molar-refractivity contribution in [2.45, 2.75) is 52.1 Å². The predicted molar refractivity (Wildman–Crippen MR) is 114 cm³/mol. The van der Waals surface area contributed by atoms with Crippen LogP contribution in [0.2, 0.25) is 0 Å². The molecule has 0 aliphatic heterocycles. The number of anilines is 1. The second-order valence-electron chi connectivity index (χ2n) is 9.03. The average molecular weight is 396 g/mol. The van der Waals surface area contributed by atoms with Crippen molar-refractivity contribution in [1.82, 2.24) is 19.4 Å². The summed E-state index contributed by atoms with van der Waals surface area (Å²) >= 11 is 0. The monoisotopic (exact) mass is 395 g/mol. The van der Waals surface area contributed by atoms with Crippen molar-refractivity contribution < 1.29 is 4.79 Å². The van der Waals surface area contributed by atoms with Crippen molar-refractivity contribution in [1.29, 1.82) is 0 Å². The lowest BCUT2D eigenvalue weighted by atomic mass is 9.75. The van der Waals surface area contributed by atoms with Crippen LogP contribution in [0, 0.1) is 12.3 Å². The second-order valence-corrected chi connectivity index (χ2v) is 9.03. The van der Waals surface area contributed by atoms with Crippen LogP contribution in [0.25, 0.3) is 16.8 Å². The van der Waals surface area contributed by atoms with E-state index in [0.29, 0.717) is 11.3 Å². The van der Waals surface area contributed by atoms with Crippen LogP contribution in [-0.2, 0) is 7.05 Å². The van der Waals surface area contributed by atoms with E-state index in [0.717, 1.165) is 35.3 Å². The fraction of sp³-hybridized carbons (Fsp3) is 0.476. The molecule has 0 bridgehead atoms. The summed E-state index contributed by atoms with van der Waals surface area (Å²) in [7, 11) is 1.91. The largest absolute Gasteiger partial charge is 0.379 e. The Morgan fingerprint density at radius 3 is 2.59 bits per heavy atom. The number of carbonyl (C=O) groups excluding carboxylic acids is 1. The summed E-state index contributed by atoms with van der Waals surface area (Å²) in [5.41, 5.74) is 16.6. The molecule has 0 aromatic carbocycles. The SMILES string of the molecule is Cc1cc(-c2cc3c(N[C@@H]4CC[C@](C)(N)C4(C)C)c(C(N)=O)cnn3c2)n(C)n1. The lowest BCUT2D eigenvalue weighted by Gasteiger charge is -2.39. The maximum absolute atomic E-state index is 12.2. The van der Waals surface area contributed by atoms with Crippen molar-refractivity contribution >= 4 is 17.1 Å². The van der Waals surface area contributed by atoms with Crippen molar-refractivity contribution in [3.63, 3.8) is 0 Å². The van der Waals surface area contributed by atoms with E-state index in [1.54, 1.807) is 4.52 Å². The number of nitrogens with two attached hydrogens (primary N) is 2. The van der Waals surface area contributed by atoms with Gasteiger partial charge in [0.1, 0.15) is 0 Å². The maximum Gasteiger partial charge on any atom is 0.252 e. The topological polar surface area (TPSA) is 116 Å². The molecule has 1 amide bonds. The van der Waals surface area contributed by atoms with E-state index in [-0.39, 0.29) is 17.0 Å². The summed E-state index contributed by atoms with van der Waals surface area (Å²) in [6.45, 7) is 8.39. The van der Waals surface area contributed by atoms with Gasteiger partial charge in [-0.3, -0.25) is 9.48 Å². The lowest BCUT2D eigenvalue weighted by Crippen LogP contribution is -2.51. The molecular weight excluding hydrogens is 366 g/mol. The van der Waals surface area contributed by atoms with Gasteiger partial charge in [-0.1, -0.05) is 13.8 Å².